The molecule has 0 saturated carbocycles. The average Bonchev–Trinajstić information content (AvgIpc) is 3.15. The van der Waals surface area contributed by atoms with Crippen molar-refractivity contribution in [3.8, 4) is 22.6 Å². The third kappa shape index (κ3) is 4.02. The SMILES string of the molecule is O=C(OCc1cccc(Oc2ccc([N+](=O)[O-])cc2)c1)c1ccc2c(c1)-c1ccccc1C2=O. The molecule has 7 nitrogen and oxygen atoms in total. The van der Waals surface area contributed by atoms with Gasteiger partial charge in [-0.05, 0) is 59.2 Å². The molecule has 1 aliphatic rings. The number of ketones is 1. The van der Waals surface area contributed by atoms with E-state index in [9.17, 15) is 19.7 Å². The Bertz CT molecular complexity index is 1440. The van der Waals surface area contributed by atoms with Crippen LogP contribution in [0.3, 0.4) is 0 Å². The summed E-state index contributed by atoms with van der Waals surface area (Å²) in [5.41, 5.74) is 3.81. The van der Waals surface area contributed by atoms with Gasteiger partial charge in [-0.3, -0.25) is 14.9 Å². The smallest absolute Gasteiger partial charge is 0.338 e. The molecular weight excluding hydrogens is 434 g/mol. The monoisotopic (exact) mass is 451 g/mol. The van der Waals surface area contributed by atoms with Crippen molar-refractivity contribution in [3.05, 3.63) is 123 Å². The Balaban J connectivity index is 1.27. The maximum atomic E-state index is 12.7. The number of nitrogens with zero attached hydrogens (tertiary/aromatic N) is 1. The molecule has 0 unspecified atom stereocenters. The number of rotatable bonds is 6. The summed E-state index contributed by atoms with van der Waals surface area (Å²) in [5.74, 6) is 0.416. The molecule has 0 spiro atoms. The lowest BCUT2D eigenvalue weighted by molar-refractivity contribution is -0.384. The maximum Gasteiger partial charge on any atom is 0.338 e. The Kier molecular flexibility index (Phi) is 5.35. The van der Waals surface area contributed by atoms with Crippen LogP contribution < -0.4 is 4.74 Å². The van der Waals surface area contributed by atoms with Crippen LogP contribution in [0.4, 0.5) is 5.69 Å². The summed E-state index contributed by atoms with van der Waals surface area (Å²) in [6.45, 7) is 0.0307. The Morgan fingerprint density at radius 2 is 1.50 bits per heavy atom. The highest BCUT2D eigenvalue weighted by atomic mass is 16.6. The molecule has 0 aliphatic heterocycles. The minimum atomic E-state index is -0.499. The summed E-state index contributed by atoms with van der Waals surface area (Å²) in [6.07, 6.45) is 0. The topological polar surface area (TPSA) is 95.7 Å². The molecule has 1 aliphatic carbocycles. The molecule has 0 saturated heterocycles. The van der Waals surface area contributed by atoms with Crippen molar-refractivity contribution in [2.45, 2.75) is 6.61 Å². The van der Waals surface area contributed by atoms with Gasteiger partial charge in [-0.2, -0.15) is 0 Å². The van der Waals surface area contributed by atoms with Gasteiger partial charge in [0, 0.05) is 23.3 Å². The molecule has 7 heteroatoms. The van der Waals surface area contributed by atoms with Gasteiger partial charge in [0.05, 0.1) is 10.5 Å². The quantitative estimate of drug-likeness (QED) is 0.180. The van der Waals surface area contributed by atoms with Gasteiger partial charge >= 0.3 is 5.97 Å². The molecule has 0 fully saturated rings. The van der Waals surface area contributed by atoms with E-state index in [-0.39, 0.29) is 18.1 Å². The van der Waals surface area contributed by atoms with Crippen LogP contribution >= 0.6 is 0 Å². The van der Waals surface area contributed by atoms with Crippen LogP contribution in [0, 0.1) is 10.1 Å². The Hall–Kier alpha value is -4.78. The number of non-ortho nitro benzene ring substituents is 1. The minimum Gasteiger partial charge on any atom is -0.457 e. The minimum absolute atomic E-state index is 0.0209. The van der Waals surface area contributed by atoms with E-state index < -0.39 is 10.9 Å². The van der Waals surface area contributed by atoms with Crippen molar-refractivity contribution in [2.75, 3.05) is 0 Å². The number of hydrogen-bond donors (Lipinski definition) is 0. The van der Waals surface area contributed by atoms with Crippen LogP contribution in [0.2, 0.25) is 0 Å². The Morgan fingerprint density at radius 3 is 2.26 bits per heavy atom. The van der Waals surface area contributed by atoms with Crippen LogP contribution in [0.5, 0.6) is 11.5 Å². The Morgan fingerprint density at radius 1 is 0.765 bits per heavy atom. The zero-order chi connectivity index (χ0) is 23.7. The van der Waals surface area contributed by atoms with Crippen molar-refractivity contribution in [3.63, 3.8) is 0 Å². The zero-order valence-corrected chi connectivity index (χ0v) is 17.8. The second-order valence-corrected chi connectivity index (χ2v) is 7.71. The van der Waals surface area contributed by atoms with E-state index >= 15 is 0 Å². The van der Waals surface area contributed by atoms with E-state index in [0.29, 0.717) is 28.2 Å². The molecule has 0 radical (unpaired) electrons. The fourth-order valence-corrected chi connectivity index (χ4v) is 3.86. The van der Waals surface area contributed by atoms with E-state index in [4.69, 9.17) is 9.47 Å². The van der Waals surface area contributed by atoms with E-state index in [2.05, 4.69) is 0 Å². The Labute approximate surface area is 194 Å². The normalized spacial score (nSPS) is 11.5. The molecule has 0 N–H and O–H groups in total. The third-order valence-electron chi connectivity index (χ3n) is 5.51. The van der Waals surface area contributed by atoms with Gasteiger partial charge in [0.1, 0.15) is 18.1 Å². The largest absolute Gasteiger partial charge is 0.457 e. The molecule has 34 heavy (non-hydrogen) atoms. The molecule has 0 atom stereocenters. The summed E-state index contributed by atoms with van der Waals surface area (Å²) in [7, 11) is 0. The van der Waals surface area contributed by atoms with E-state index in [1.807, 2.05) is 18.2 Å². The van der Waals surface area contributed by atoms with Gasteiger partial charge in [0.2, 0.25) is 0 Å². The van der Waals surface area contributed by atoms with Crippen molar-refractivity contribution in [1.29, 1.82) is 0 Å². The van der Waals surface area contributed by atoms with Crippen LogP contribution in [-0.2, 0) is 11.3 Å². The molecule has 0 bridgehead atoms. The molecular formula is C27H17NO6. The lowest BCUT2D eigenvalue weighted by Gasteiger charge is -2.09. The van der Waals surface area contributed by atoms with Crippen LogP contribution in [0.25, 0.3) is 11.1 Å². The first kappa shape index (κ1) is 21.1. The van der Waals surface area contributed by atoms with Crippen molar-refractivity contribution >= 4 is 17.4 Å². The summed E-state index contributed by atoms with van der Waals surface area (Å²) in [5, 5.41) is 10.8. The first-order valence-electron chi connectivity index (χ1n) is 10.5. The standard InChI is InChI=1S/C27H17NO6/c29-26-23-7-2-1-6-22(23)25-15-18(8-13-24(25)26)27(30)33-16-17-4-3-5-21(14-17)34-20-11-9-19(10-12-20)28(31)32/h1-15H,16H2. The van der Waals surface area contributed by atoms with Crippen molar-refractivity contribution in [1.82, 2.24) is 0 Å². The van der Waals surface area contributed by atoms with E-state index in [1.54, 1.807) is 48.5 Å². The summed E-state index contributed by atoms with van der Waals surface area (Å²) in [4.78, 5) is 35.5. The average molecular weight is 451 g/mol. The molecule has 0 aromatic heterocycles. The molecule has 4 aromatic carbocycles. The van der Waals surface area contributed by atoms with E-state index in [0.717, 1.165) is 16.7 Å². The number of fused-ring (bicyclic) bond motifs is 3. The number of esters is 1. The molecule has 5 rings (SSSR count). The van der Waals surface area contributed by atoms with Crippen LogP contribution in [0.15, 0.2) is 91.0 Å². The van der Waals surface area contributed by atoms with Crippen molar-refractivity contribution < 1.29 is 24.0 Å². The summed E-state index contributed by atoms with van der Waals surface area (Å²) < 4.78 is 11.2. The highest BCUT2D eigenvalue weighted by Gasteiger charge is 2.27. The number of ether oxygens (including phenoxy) is 2. The van der Waals surface area contributed by atoms with Gasteiger partial charge in [-0.25, -0.2) is 4.79 Å². The second-order valence-electron chi connectivity index (χ2n) is 7.71. The lowest BCUT2D eigenvalue weighted by Crippen LogP contribution is -2.06. The maximum absolute atomic E-state index is 12.7. The number of carbonyl (C=O) groups is 2. The van der Waals surface area contributed by atoms with Gasteiger partial charge < -0.3 is 9.47 Å². The third-order valence-corrected chi connectivity index (χ3v) is 5.51. The molecule has 0 heterocycles. The number of hydrogen-bond acceptors (Lipinski definition) is 6. The van der Waals surface area contributed by atoms with Crippen LogP contribution in [-0.4, -0.2) is 16.7 Å². The molecule has 4 aromatic rings. The highest BCUT2D eigenvalue weighted by Crippen LogP contribution is 2.37. The summed E-state index contributed by atoms with van der Waals surface area (Å²) >= 11 is 0. The summed E-state index contributed by atoms with van der Waals surface area (Å²) in [6, 6.07) is 25.1. The number of nitro groups is 1. The van der Waals surface area contributed by atoms with Crippen molar-refractivity contribution in [2.24, 2.45) is 0 Å². The van der Waals surface area contributed by atoms with Gasteiger partial charge in [0.15, 0.2) is 5.78 Å². The van der Waals surface area contributed by atoms with Gasteiger partial charge in [-0.15, -0.1) is 0 Å². The van der Waals surface area contributed by atoms with Crippen LogP contribution in [0.1, 0.15) is 31.8 Å². The second kappa shape index (κ2) is 8.63. The predicted molar refractivity (Wildman–Crippen MR) is 124 cm³/mol. The first-order chi connectivity index (χ1) is 16.5. The predicted octanol–water partition coefficient (Wildman–Crippen LogP) is 5.96. The number of nitro benzene ring substituents is 1. The zero-order valence-electron chi connectivity index (χ0n) is 17.8. The highest BCUT2D eigenvalue weighted by molar-refractivity contribution is 6.22. The van der Waals surface area contributed by atoms with Gasteiger partial charge in [-0.1, -0.05) is 36.4 Å². The fourth-order valence-electron chi connectivity index (χ4n) is 3.86. The van der Waals surface area contributed by atoms with Gasteiger partial charge in [0.25, 0.3) is 5.69 Å². The first-order valence-corrected chi connectivity index (χ1v) is 10.5. The fraction of sp³-hybridized carbons (Fsp3) is 0.0370. The molecule has 166 valence electrons. The van der Waals surface area contributed by atoms with E-state index in [1.165, 1.54) is 24.3 Å². The lowest BCUT2D eigenvalue weighted by atomic mass is 10.0. The molecule has 0 amide bonds. The number of carbonyl (C=O) groups excluding carboxylic acids is 2. The number of benzene rings is 4.